The molecule has 0 radical (unpaired) electrons. The summed E-state index contributed by atoms with van der Waals surface area (Å²) in [5, 5.41) is 37.2. The van der Waals surface area contributed by atoms with Crippen molar-refractivity contribution < 1.29 is 0 Å². The Balaban J connectivity index is 1.91. The van der Waals surface area contributed by atoms with Gasteiger partial charge in [0, 0.05) is 29.3 Å². The van der Waals surface area contributed by atoms with Gasteiger partial charge in [-0.1, -0.05) is 78.1 Å². The van der Waals surface area contributed by atoms with Crippen LogP contribution in [-0.4, -0.2) is 0 Å². The maximum absolute atomic E-state index is 9.31. The summed E-state index contributed by atoms with van der Waals surface area (Å²) in [6.07, 6.45) is 20.2. The van der Waals surface area contributed by atoms with E-state index in [0.29, 0.717) is 0 Å². The Morgan fingerprint density at radius 2 is 0.930 bits per heavy atom. The molecule has 3 heterocycles. The molecule has 4 nitrogen and oxygen atoms in total. The molecule has 3 rings (SSSR count). The fourth-order valence-electron chi connectivity index (χ4n) is 5.07. The predicted octanol–water partition coefficient (Wildman–Crippen LogP) is 11.9. The second-order valence-electron chi connectivity index (χ2n) is 10.8. The Hall–Kier alpha value is -3.46. The van der Waals surface area contributed by atoms with E-state index in [1.54, 1.807) is 46.2 Å². The van der Waals surface area contributed by atoms with Crippen LogP contribution in [0.15, 0.2) is 35.4 Å². The summed E-state index contributed by atoms with van der Waals surface area (Å²) in [4.78, 5) is 6.71. The quantitative estimate of drug-likeness (QED) is 0.104. The Labute approximate surface area is 269 Å². The van der Waals surface area contributed by atoms with Crippen LogP contribution in [0.4, 0.5) is 0 Å². The lowest BCUT2D eigenvalue weighted by molar-refractivity contribution is 0.608. The molecule has 3 aromatic rings. The van der Waals surface area contributed by atoms with Crippen LogP contribution in [0.2, 0.25) is 0 Å². The van der Waals surface area contributed by atoms with E-state index >= 15 is 0 Å². The van der Waals surface area contributed by atoms with Crippen LogP contribution in [0.5, 0.6) is 0 Å². The van der Waals surface area contributed by atoms with Crippen LogP contribution in [0.3, 0.4) is 0 Å². The minimum absolute atomic E-state index is 0.124. The fourth-order valence-corrected chi connectivity index (χ4v) is 8.67. The van der Waals surface area contributed by atoms with Gasteiger partial charge in [0.1, 0.15) is 35.4 Å². The van der Waals surface area contributed by atoms with Gasteiger partial charge in [0.15, 0.2) is 0 Å². The average Bonchev–Trinajstić information content (AvgIpc) is 3.76. The molecule has 0 atom stereocenters. The van der Waals surface area contributed by atoms with Gasteiger partial charge in [-0.3, -0.25) is 0 Å². The van der Waals surface area contributed by atoms with Gasteiger partial charge < -0.3 is 0 Å². The number of thiophene rings is 3. The van der Waals surface area contributed by atoms with Gasteiger partial charge in [0.2, 0.25) is 0 Å². The van der Waals surface area contributed by atoms with Crippen molar-refractivity contribution in [1.82, 2.24) is 0 Å². The van der Waals surface area contributed by atoms with Crippen molar-refractivity contribution in [3.63, 3.8) is 0 Å². The van der Waals surface area contributed by atoms with Crippen molar-refractivity contribution in [2.24, 2.45) is 0 Å². The zero-order valence-electron chi connectivity index (χ0n) is 25.4. The lowest BCUT2D eigenvalue weighted by atomic mass is 10.0. The number of nitriles is 4. The average molecular weight is 625 g/mol. The SMILES string of the molecule is CCCCCCCCc1cc(C=C(C#N)C#N)sc1-c1ccc(-c2sc(C=C(C#N)C#N)cc2CCCCCCCC)s1. The Kier molecular flexibility index (Phi) is 15.0. The normalized spacial score (nSPS) is 10.4. The topological polar surface area (TPSA) is 95.2 Å². The Bertz CT molecular complexity index is 1410. The van der Waals surface area contributed by atoms with E-state index in [9.17, 15) is 21.0 Å². The number of aryl methyl sites for hydroxylation is 2. The second-order valence-corrected chi connectivity index (χ2v) is 14.0. The molecule has 0 aromatic carbocycles. The lowest BCUT2D eigenvalue weighted by Gasteiger charge is -2.04. The molecule has 0 aliphatic heterocycles. The largest absolute Gasteiger partial charge is 0.192 e. The molecule has 0 amide bonds. The monoisotopic (exact) mass is 624 g/mol. The summed E-state index contributed by atoms with van der Waals surface area (Å²) in [5.41, 5.74) is 2.81. The highest BCUT2D eigenvalue weighted by molar-refractivity contribution is 7.27. The van der Waals surface area contributed by atoms with Gasteiger partial charge in [-0.15, -0.1) is 34.0 Å². The van der Waals surface area contributed by atoms with Gasteiger partial charge in [0.05, 0.1) is 0 Å². The molecule has 7 heteroatoms. The number of allylic oxidation sites excluding steroid dienone is 2. The molecule has 0 spiro atoms. The van der Waals surface area contributed by atoms with Gasteiger partial charge in [-0.05, 0) is 73.2 Å². The van der Waals surface area contributed by atoms with Gasteiger partial charge in [0.25, 0.3) is 0 Å². The Morgan fingerprint density at radius 1 is 0.558 bits per heavy atom. The molecule has 0 unspecified atom stereocenters. The number of unbranched alkanes of at least 4 members (excludes halogenated alkanes) is 10. The summed E-state index contributed by atoms with van der Waals surface area (Å²) >= 11 is 5.08. The molecule has 3 aromatic heterocycles. The van der Waals surface area contributed by atoms with Crippen molar-refractivity contribution in [3.05, 3.63) is 56.3 Å². The summed E-state index contributed by atoms with van der Waals surface area (Å²) in [6, 6.07) is 16.7. The zero-order chi connectivity index (χ0) is 30.9. The molecule has 43 heavy (non-hydrogen) atoms. The van der Waals surface area contributed by atoms with Gasteiger partial charge in [-0.25, -0.2) is 0 Å². The first-order valence-corrected chi connectivity index (χ1v) is 17.9. The van der Waals surface area contributed by atoms with Crippen molar-refractivity contribution in [2.45, 2.75) is 104 Å². The molecule has 222 valence electrons. The standard InChI is InChI=1S/C36H40N4S3/c1-3-5-7-9-11-13-15-29-21-31(19-27(23-37)24-38)41-35(29)33-17-18-34(43-33)36-30(16-14-12-10-8-6-4-2)22-32(42-36)20-28(25-39)26-40/h17-22H,3-16H2,1-2H3. The molecule has 0 aliphatic carbocycles. The van der Waals surface area contributed by atoms with E-state index in [-0.39, 0.29) is 11.1 Å². The van der Waals surface area contributed by atoms with E-state index in [4.69, 9.17) is 0 Å². The summed E-state index contributed by atoms with van der Waals surface area (Å²) in [7, 11) is 0. The van der Waals surface area contributed by atoms with Crippen LogP contribution < -0.4 is 0 Å². The van der Waals surface area contributed by atoms with E-state index in [1.165, 1.54) is 94.8 Å². The molecule has 0 saturated heterocycles. The van der Waals surface area contributed by atoms with E-state index in [0.717, 1.165) is 35.4 Å². The van der Waals surface area contributed by atoms with Crippen LogP contribution >= 0.6 is 34.0 Å². The van der Waals surface area contributed by atoms with E-state index in [2.05, 4.69) is 38.1 Å². The van der Waals surface area contributed by atoms with Crippen LogP contribution in [0.25, 0.3) is 31.7 Å². The van der Waals surface area contributed by atoms with Crippen molar-refractivity contribution in [2.75, 3.05) is 0 Å². The summed E-state index contributed by atoms with van der Waals surface area (Å²) in [5.74, 6) is 0. The lowest BCUT2D eigenvalue weighted by Crippen LogP contribution is -1.86. The van der Waals surface area contributed by atoms with Crippen LogP contribution in [-0.2, 0) is 12.8 Å². The minimum atomic E-state index is 0.124. The third-order valence-corrected chi connectivity index (χ3v) is 11.1. The third kappa shape index (κ3) is 10.6. The van der Waals surface area contributed by atoms with Crippen LogP contribution in [0.1, 0.15) is 112 Å². The zero-order valence-corrected chi connectivity index (χ0v) is 27.8. The van der Waals surface area contributed by atoms with E-state index in [1.807, 2.05) is 24.3 Å². The predicted molar refractivity (Wildman–Crippen MR) is 184 cm³/mol. The number of rotatable bonds is 18. The number of hydrogen-bond donors (Lipinski definition) is 0. The first-order chi connectivity index (χ1) is 21.1. The van der Waals surface area contributed by atoms with Gasteiger partial charge >= 0.3 is 0 Å². The first-order valence-electron chi connectivity index (χ1n) is 15.5. The highest BCUT2D eigenvalue weighted by Crippen LogP contribution is 2.44. The van der Waals surface area contributed by atoms with Crippen LogP contribution in [0, 0.1) is 45.3 Å². The molecule has 0 N–H and O–H groups in total. The van der Waals surface area contributed by atoms with E-state index < -0.39 is 0 Å². The van der Waals surface area contributed by atoms with Crippen molar-refractivity contribution >= 4 is 46.2 Å². The minimum Gasteiger partial charge on any atom is -0.192 e. The first kappa shape index (κ1) is 34.0. The molecule has 0 fully saturated rings. The molecule has 0 saturated carbocycles. The summed E-state index contributed by atoms with van der Waals surface area (Å²) < 4.78 is 0. The molecular formula is C36H40N4S3. The fraction of sp³-hybridized carbons (Fsp3) is 0.444. The number of nitrogens with zero attached hydrogens (tertiary/aromatic N) is 4. The number of hydrogen-bond acceptors (Lipinski definition) is 7. The van der Waals surface area contributed by atoms with Crippen molar-refractivity contribution in [1.29, 1.82) is 21.0 Å². The highest BCUT2D eigenvalue weighted by Gasteiger charge is 2.17. The second kappa shape index (κ2) is 18.9. The smallest absolute Gasteiger partial charge is 0.131 e. The maximum atomic E-state index is 9.31. The maximum Gasteiger partial charge on any atom is 0.131 e. The third-order valence-electron chi connectivity index (χ3n) is 7.36. The Morgan fingerprint density at radius 3 is 1.30 bits per heavy atom. The molecular weight excluding hydrogens is 585 g/mol. The van der Waals surface area contributed by atoms with Gasteiger partial charge in [-0.2, -0.15) is 21.0 Å². The molecule has 0 aliphatic rings. The molecule has 0 bridgehead atoms. The summed E-state index contributed by atoms with van der Waals surface area (Å²) in [6.45, 7) is 4.47. The van der Waals surface area contributed by atoms with Crippen molar-refractivity contribution in [3.8, 4) is 43.8 Å². The highest BCUT2D eigenvalue weighted by atomic mass is 32.1.